The fourth-order valence-corrected chi connectivity index (χ4v) is 2.49. The Morgan fingerprint density at radius 2 is 2.00 bits per heavy atom. The zero-order chi connectivity index (χ0) is 14.0. The molecule has 1 heterocycles. The van der Waals surface area contributed by atoms with Crippen LogP contribution in [0.15, 0.2) is 29.6 Å². The van der Waals surface area contributed by atoms with Gasteiger partial charge in [-0.2, -0.15) is 0 Å². The van der Waals surface area contributed by atoms with E-state index in [9.17, 15) is 14.7 Å². The van der Waals surface area contributed by atoms with Crippen LogP contribution in [0, 0.1) is 0 Å². The maximum absolute atomic E-state index is 11.9. The first-order valence-electron chi connectivity index (χ1n) is 5.09. The van der Waals surface area contributed by atoms with E-state index in [1.807, 2.05) is 0 Å². The predicted octanol–water partition coefficient (Wildman–Crippen LogP) is 3.06. The number of carboxylic acids is 1. The molecule has 0 spiro atoms. The third-order valence-electron chi connectivity index (χ3n) is 2.31. The number of anilines is 1. The lowest BCUT2D eigenvalue weighted by Crippen LogP contribution is -2.13. The molecule has 1 aromatic carbocycles. The molecule has 1 aromatic heterocycles. The molecule has 0 aliphatic heterocycles. The molecule has 1 amide bonds. The minimum absolute atomic E-state index is 0.0970. The summed E-state index contributed by atoms with van der Waals surface area (Å²) in [5.41, 5.74) is -0.0965. The van der Waals surface area contributed by atoms with Crippen molar-refractivity contribution >= 4 is 40.5 Å². The highest BCUT2D eigenvalue weighted by Crippen LogP contribution is 2.25. The number of carbonyl (C=O) groups excluding carboxylic acids is 1. The molecule has 7 heteroatoms. The van der Waals surface area contributed by atoms with Crippen LogP contribution in [0.1, 0.15) is 20.0 Å². The van der Waals surface area contributed by atoms with Crippen LogP contribution in [0.2, 0.25) is 5.02 Å². The summed E-state index contributed by atoms with van der Waals surface area (Å²) in [4.78, 5) is 23.2. The van der Waals surface area contributed by atoms with Crippen molar-refractivity contribution in [2.24, 2.45) is 0 Å². The predicted molar refractivity (Wildman–Crippen MR) is 72.3 cm³/mol. The molecule has 5 nitrogen and oxygen atoms in total. The summed E-state index contributed by atoms with van der Waals surface area (Å²) in [6.07, 6.45) is 0. The van der Waals surface area contributed by atoms with E-state index in [1.165, 1.54) is 12.1 Å². The normalized spacial score (nSPS) is 10.2. The van der Waals surface area contributed by atoms with E-state index in [0.717, 1.165) is 17.4 Å². The van der Waals surface area contributed by atoms with Gasteiger partial charge >= 0.3 is 5.97 Å². The van der Waals surface area contributed by atoms with Gasteiger partial charge in [0.15, 0.2) is 0 Å². The summed E-state index contributed by atoms with van der Waals surface area (Å²) >= 11 is 6.98. The van der Waals surface area contributed by atoms with E-state index in [0.29, 0.717) is 9.90 Å². The van der Waals surface area contributed by atoms with Crippen molar-refractivity contribution in [1.82, 2.24) is 0 Å². The topological polar surface area (TPSA) is 86.6 Å². The van der Waals surface area contributed by atoms with Gasteiger partial charge < -0.3 is 15.5 Å². The number of phenolic OH excluding ortho intramolecular Hbond substituents is 1. The van der Waals surface area contributed by atoms with Crippen LogP contribution in [0.5, 0.6) is 5.75 Å². The number of carboxylic acid groups (broad SMARTS) is 1. The molecule has 3 N–H and O–H groups in total. The second kappa shape index (κ2) is 5.29. The number of hydrogen-bond acceptors (Lipinski definition) is 4. The van der Waals surface area contributed by atoms with E-state index in [-0.39, 0.29) is 17.0 Å². The molecule has 0 unspecified atom stereocenters. The maximum atomic E-state index is 11.9. The van der Waals surface area contributed by atoms with Crippen molar-refractivity contribution in [3.05, 3.63) is 45.1 Å². The molecule has 0 saturated heterocycles. The summed E-state index contributed by atoms with van der Waals surface area (Å²) in [6, 6.07) is 5.25. The molecule has 0 bridgehead atoms. The summed E-state index contributed by atoms with van der Waals surface area (Å²) in [5, 5.41) is 22.7. The summed E-state index contributed by atoms with van der Waals surface area (Å²) < 4.78 is 0. The number of thiophene rings is 1. The molecule has 0 atom stereocenters. The first kappa shape index (κ1) is 13.4. The minimum atomic E-state index is -1.25. The third-order valence-corrected chi connectivity index (χ3v) is 3.65. The van der Waals surface area contributed by atoms with Crippen molar-refractivity contribution in [3.8, 4) is 5.75 Å². The van der Waals surface area contributed by atoms with Gasteiger partial charge in [-0.15, -0.1) is 11.3 Å². The highest BCUT2D eigenvalue weighted by Gasteiger charge is 2.16. The number of hydrogen-bond donors (Lipinski definition) is 3. The van der Waals surface area contributed by atoms with Gasteiger partial charge in [0, 0.05) is 0 Å². The smallest absolute Gasteiger partial charge is 0.337 e. The van der Waals surface area contributed by atoms with E-state index in [2.05, 4.69) is 5.32 Å². The first-order valence-corrected chi connectivity index (χ1v) is 6.35. The number of rotatable bonds is 3. The quantitative estimate of drug-likeness (QED) is 0.760. The van der Waals surface area contributed by atoms with Gasteiger partial charge in [0.1, 0.15) is 10.6 Å². The van der Waals surface area contributed by atoms with E-state index in [1.54, 1.807) is 11.4 Å². The number of phenols is 1. The van der Waals surface area contributed by atoms with E-state index in [4.69, 9.17) is 16.7 Å². The SMILES string of the molecule is O=C(O)c1cc(O)ccc1NC(=O)c1sccc1Cl. The molecular formula is C12H8ClNO4S. The minimum Gasteiger partial charge on any atom is -0.508 e. The van der Waals surface area contributed by atoms with Crippen molar-refractivity contribution in [1.29, 1.82) is 0 Å². The second-order valence-corrected chi connectivity index (χ2v) is 4.91. The largest absolute Gasteiger partial charge is 0.508 e. The van der Waals surface area contributed by atoms with Crippen molar-refractivity contribution in [2.75, 3.05) is 5.32 Å². The van der Waals surface area contributed by atoms with Crippen molar-refractivity contribution in [2.45, 2.75) is 0 Å². The lowest BCUT2D eigenvalue weighted by molar-refractivity contribution is 0.0697. The van der Waals surface area contributed by atoms with Crippen LogP contribution < -0.4 is 5.32 Å². The van der Waals surface area contributed by atoms with Gasteiger partial charge in [-0.3, -0.25) is 4.79 Å². The summed E-state index contributed by atoms with van der Waals surface area (Å²) in [7, 11) is 0. The van der Waals surface area contributed by atoms with Crippen LogP contribution >= 0.6 is 22.9 Å². The van der Waals surface area contributed by atoms with Crippen LogP contribution in [0.25, 0.3) is 0 Å². The summed E-state index contributed by atoms with van der Waals surface area (Å²) in [6.45, 7) is 0. The number of halogens is 1. The average Bonchev–Trinajstić information content (AvgIpc) is 2.77. The Bertz CT molecular complexity index is 653. The molecule has 0 aliphatic rings. The van der Waals surface area contributed by atoms with E-state index < -0.39 is 11.9 Å². The van der Waals surface area contributed by atoms with Crippen molar-refractivity contribution in [3.63, 3.8) is 0 Å². The van der Waals surface area contributed by atoms with Gasteiger partial charge in [0.2, 0.25) is 0 Å². The highest BCUT2D eigenvalue weighted by molar-refractivity contribution is 7.12. The van der Waals surface area contributed by atoms with Crippen LogP contribution in [-0.4, -0.2) is 22.1 Å². The number of benzene rings is 1. The molecule has 0 radical (unpaired) electrons. The van der Waals surface area contributed by atoms with Crippen LogP contribution in [0.3, 0.4) is 0 Å². The number of nitrogens with one attached hydrogen (secondary N) is 1. The number of aromatic hydroxyl groups is 1. The summed E-state index contributed by atoms with van der Waals surface area (Å²) in [5.74, 6) is -1.93. The Kier molecular flexibility index (Phi) is 3.73. The van der Waals surface area contributed by atoms with Gasteiger partial charge in [-0.1, -0.05) is 11.6 Å². The fraction of sp³-hybridized carbons (Fsp3) is 0. The molecule has 19 heavy (non-hydrogen) atoms. The van der Waals surface area contributed by atoms with Crippen LogP contribution in [-0.2, 0) is 0 Å². The monoisotopic (exact) mass is 297 g/mol. The Morgan fingerprint density at radius 1 is 1.26 bits per heavy atom. The van der Waals surface area contributed by atoms with Crippen molar-refractivity contribution < 1.29 is 19.8 Å². The van der Waals surface area contributed by atoms with Gasteiger partial charge in [-0.05, 0) is 29.6 Å². The lowest BCUT2D eigenvalue weighted by Gasteiger charge is -2.08. The average molecular weight is 298 g/mol. The Morgan fingerprint density at radius 3 is 2.58 bits per heavy atom. The van der Waals surface area contributed by atoms with Crippen LogP contribution in [0.4, 0.5) is 5.69 Å². The zero-order valence-electron chi connectivity index (χ0n) is 9.38. The highest BCUT2D eigenvalue weighted by atomic mass is 35.5. The van der Waals surface area contributed by atoms with Gasteiger partial charge in [0.25, 0.3) is 5.91 Å². The molecule has 0 aliphatic carbocycles. The zero-order valence-corrected chi connectivity index (χ0v) is 11.0. The van der Waals surface area contributed by atoms with Gasteiger partial charge in [-0.25, -0.2) is 4.79 Å². The Labute approximate surface area is 117 Å². The lowest BCUT2D eigenvalue weighted by atomic mass is 10.1. The number of carbonyl (C=O) groups is 2. The third kappa shape index (κ3) is 2.86. The number of amides is 1. The number of aromatic carboxylic acids is 1. The molecule has 2 aromatic rings. The standard InChI is InChI=1S/C12H8ClNO4S/c13-8-3-4-19-10(8)11(16)14-9-2-1-6(15)5-7(9)12(17)18/h1-5,15H,(H,14,16)(H,17,18). The molecular weight excluding hydrogens is 290 g/mol. The Balaban J connectivity index is 2.32. The molecule has 2 rings (SSSR count). The van der Waals surface area contributed by atoms with E-state index >= 15 is 0 Å². The van der Waals surface area contributed by atoms with Gasteiger partial charge in [0.05, 0.1) is 16.3 Å². The first-order chi connectivity index (χ1) is 8.99. The molecule has 0 fully saturated rings. The molecule has 0 saturated carbocycles. The Hall–Kier alpha value is -2.05. The maximum Gasteiger partial charge on any atom is 0.337 e. The second-order valence-electron chi connectivity index (χ2n) is 3.59. The fourth-order valence-electron chi connectivity index (χ4n) is 1.45. The molecule has 98 valence electrons.